The molecule has 0 spiro atoms. The van der Waals surface area contributed by atoms with E-state index in [1.165, 1.54) is 16.2 Å². The van der Waals surface area contributed by atoms with Gasteiger partial charge in [-0.15, -0.1) is 22.7 Å². The zero-order chi connectivity index (χ0) is 19.7. The highest BCUT2D eigenvalue weighted by molar-refractivity contribution is 9.11. The number of amides is 2. The molecule has 0 saturated carbocycles. The molecule has 3 aromatic heterocycles. The number of carbonyl (C=O) groups is 2. The van der Waals surface area contributed by atoms with E-state index in [1.54, 1.807) is 30.8 Å². The minimum Gasteiger partial charge on any atom is -0.352 e. The van der Waals surface area contributed by atoms with Gasteiger partial charge in [-0.3, -0.25) is 9.59 Å². The minimum atomic E-state index is -0.136. The third kappa shape index (κ3) is 3.89. The van der Waals surface area contributed by atoms with Gasteiger partial charge in [0, 0.05) is 33.2 Å². The first-order valence-corrected chi connectivity index (χ1v) is 11.2. The fourth-order valence-corrected chi connectivity index (χ4v) is 5.30. The Hall–Kier alpha value is -2.04. The molecule has 10 heteroatoms. The highest BCUT2D eigenvalue weighted by Crippen LogP contribution is 2.27. The molecule has 0 aromatic carbocycles. The summed E-state index contributed by atoms with van der Waals surface area (Å²) in [6, 6.07) is 5.64. The van der Waals surface area contributed by atoms with Gasteiger partial charge in [-0.05, 0) is 39.5 Å². The third-order valence-corrected chi connectivity index (χ3v) is 7.11. The fraction of sp³-hybridized carbons (Fsp3) is 0.333. The predicted molar refractivity (Wildman–Crippen MR) is 115 cm³/mol. The molecule has 1 aliphatic rings. The summed E-state index contributed by atoms with van der Waals surface area (Å²) in [4.78, 5) is 40.9. The van der Waals surface area contributed by atoms with Gasteiger partial charge in [0.2, 0.25) is 5.91 Å². The van der Waals surface area contributed by atoms with Crippen LogP contribution >= 0.6 is 38.6 Å². The molecule has 28 heavy (non-hydrogen) atoms. The van der Waals surface area contributed by atoms with Crippen molar-refractivity contribution in [3.63, 3.8) is 0 Å². The van der Waals surface area contributed by atoms with Gasteiger partial charge in [-0.25, -0.2) is 9.97 Å². The average Bonchev–Trinajstić information content (AvgIpc) is 3.36. The van der Waals surface area contributed by atoms with Crippen LogP contribution in [-0.2, 0) is 4.79 Å². The largest absolute Gasteiger partial charge is 0.352 e. The maximum absolute atomic E-state index is 12.6. The summed E-state index contributed by atoms with van der Waals surface area (Å²) < 4.78 is 0.899. The van der Waals surface area contributed by atoms with Crippen molar-refractivity contribution in [1.82, 2.24) is 19.8 Å². The van der Waals surface area contributed by atoms with Crippen LogP contribution in [0.15, 0.2) is 33.7 Å². The lowest BCUT2D eigenvalue weighted by molar-refractivity contribution is -0.131. The molecule has 4 rings (SSSR count). The number of fused-ring (bicyclic) bond motifs is 1. The molecule has 4 heterocycles. The summed E-state index contributed by atoms with van der Waals surface area (Å²) in [6.07, 6.45) is 1.59. The van der Waals surface area contributed by atoms with Crippen molar-refractivity contribution in [1.29, 1.82) is 0 Å². The van der Waals surface area contributed by atoms with Crippen molar-refractivity contribution in [2.45, 2.75) is 0 Å². The first kappa shape index (κ1) is 19.3. The number of likely N-dealkylation sites (N-methyl/N-ethyl adjacent to an activating group) is 1. The molecule has 1 saturated heterocycles. The first-order valence-electron chi connectivity index (χ1n) is 8.74. The van der Waals surface area contributed by atoms with Crippen LogP contribution < -0.4 is 4.90 Å². The molecular formula is C18H18BrN5O2S2. The van der Waals surface area contributed by atoms with Crippen LogP contribution in [0.25, 0.3) is 10.2 Å². The number of nitrogens with zero attached hydrogens (tertiary/aromatic N) is 5. The molecular weight excluding hydrogens is 462 g/mol. The molecule has 1 fully saturated rings. The Morgan fingerprint density at radius 3 is 2.68 bits per heavy atom. The van der Waals surface area contributed by atoms with Crippen molar-refractivity contribution in [3.05, 3.63) is 38.6 Å². The molecule has 0 N–H and O–H groups in total. The van der Waals surface area contributed by atoms with Crippen LogP contribution in [0.4, 0.5) is 5.82 Å². The van der Waals surface area contributed by atoms with E-state index in [1.807, 2.05) is 22.4 Å². The number of thiophene rings is 2. The van der Waals surface area contributed by atoms with Crippen molar-refractivity contribution < 1.29 is 9.59 Å². The fourth-order valence-electron chi connectivity index (χ4n) is 3.19. The molecule has 3 aromatic rings. The quantitative estimate of drug-likeness (QED) is 0.575. The number of hydrogen-bond acceptors (Lipinski definition) is 7. The van der Waals surface area contributed by atoms with E-state index in [0.717, 1.165) is 19.8 Å². The molecule has 146 valence electrons. The number of carbonyl (C=O) groups excluding carboxylic acids is 2. The maximum atomic E-state index is 12.6. The molecule has 0 radical (unpaired) electrons. The third-order valence-electron chi connectivity index (χ3n) is 4.68. The number of halogens is 1. The Balaban J connectivity index is 1.35. The van der Waals surface area contributed by atoms with Crippen LogP contribution in [0.2, 0.25) is 0 Å². The monoisotopic (exact) mass is 479 g/mol. The summed E-state index contributed by atoms with van der Waals surface area (Å²) in [7, 11) is 1.66. The van der Waals surface area contributed by atoms with Gasteiger partial charge in [-0.2, -0.15) is 0 Å². The molecule has 0 bridgehead atoms. The van der Waals surface area contributed by atoms with Gasteiger partial charge in [0.1, 0.15) is 17.0 Å². The van der Waals surface area contributed by atoms with Gasteiger partial charge < -0.3 is 14.7 Å². The molecule has 0 aliphatic carbocycles. The van der Waals surface area contributed by atoms with Crippen molar-refractivity contribution in [2.75, 3.05) is 44.7 Å². The SMILES string of the molecule is CN(CC(=O)N1CCN(c2ncnc3sccc23)CC1)C(=O)c1ccc(Br)s1. The number of rotatable bonds is 4. The Labute approximate surface area is 178 Å². The van der Waals surface area contributed by atoms with Gasteiger partial charge in [0.15, 0.2) is 0 Å². The maximum Gasteiger partial charge on any atom is 0.264 e. The van der Waals surface area contributed by atoms with Crippen molar-refractivity contribution >= 4 is 66.5 Å². The molecule has 7 nitrogen and oxygen atoms in total. The first-order chi connectivity index (χ1) is 13.5. The smallest absolute Gasteiger partial charge is 0.264 e. The summed E-state index contributed by atoms with van der Waals surface area (Å²) >= 11 is 6.33. The van der Waals surface area contributed by atoms with E-state index in [4.69, 9.17) is 0 Å². The number of anilines is 1. The average molecular weight is 480 g/mol. The predicted octanol–water partition coefficient (Wildman–Crippen LogP) is 2.94. The van der Waals surface area contributed by atoms with E-state index < -0.39 is 0 Å². The number of hydrogen-bond donors (Lipinski definition) is 0. The van der Waals surface area contributed by atoms with Crippen LogP contribution in [0.5, 0.6) is 0 Å². The second kappa shape index (κ2) is 8.14. The number of piperazine rings is 1. The Kier molecular flexibility index (Phi) is 5.61. The Morgan fingerprint density at radius 1 is 1.18 bits per heavy atom. The second-order valence-corrected chi connectivity index (χ2v) is 9.83. The zero-order valence-corrected chi connectivity index (χ0v) is 18.4. The lowest BCUT2D eigenvalue weighted by atomic mass is 10.2. The molecule has 1 aliphatic heterocycles. The van der Waals surface area contributed by atoms with Crippen LogP contribution in [0, 0.1) is 0 Å². The van der Waals surface area contributed by atoms with Gasteiger partial charge in [0.25, 0.3) is 5.91 Å². The Morgan fingerprint density at radius 2 is 1.96 bits per heavy atom. The van der Waals surface area contributed by atoms with Crippen molar-refractivity contribution in [3.8, 4) is 0 Å². The molecule has 0 atom stereocenters. The standard InChI is InChI=1S/C18H18BrN5O2S2/c1-22(18(26)13-2-3-14(19)28-13)10-15(25)23-5-7-24(8-6-23)16-12-4-9-27-17(12)21-11-20-16/h2-4,9,11H,5-8,10H2,1H3. The lowest BCUT2D eigenvalue weighted by Gasteiger charge is -2.36. The second-order valence-electron chi connectivity index (χ2n) is 6.47. The Bertz CT molecular complexity index is 1010. The van der Waals surface area contributed by atoms with Gasteiger partial charge >= 0.3 is 0 Å². The normalized spacial score (nSPS) is 14.5. The van der Waals surface area contributed by atoms with E-state index in [9.17, 15) is 9.59 Å². The van der Waals surface area contributed by atoms with Crippen LogP contribution in [-0.4, -0.2) is 71.4 Å². The molecule has 2 amide bonds. The van der Waals surface area contributed by atoms with Crippen LogP contribution in [0.1, 0.15) is 9.67 Å². The number of aromatic nitrogens is 2. The van der Waals surface area contributed by atoms with Crippen LogP contribution in [0.3, 0.4) is 0 Å². The van der Waals surface area contributed by atoms with E-state index in [2.05, 4.69) is 30.8 Å². The topological polar surface area (TPSA) is 69.6 Å². The minimum absolute atomic E-state index is 0.0329. The van der Waals surface area contributed by atoms with Gasteiger partial charge in [-0.1, -0.05) is 0 Å². The summed E-state index contributed by atoms with van der Waals surface area (Å²) in [5.74, 6) is 0.756. The van der Waals surface area contributed by atoms with E-state index in [0.29, 0.717) is 31.1 Å². The summed E-state index contributed by atoms with van der Waals surface area (Å²) in [5, 5.41) is 3.07. The van der Waals surface area contributed by atoms with Gasteiger partial charge in [0.05, 0.1) is 20.6 Å². The lowest BCUT2D eigenvalue weighted by Crippen LogP contribution is -2.51. The summed E-state index contributed by atoms with van der Waals surface area (Å²) in [5.41, 5.74) is 0. The molecule has 0 unspecified atom stereocenters. The van der Waals surface area contributed by atoms with Crippen molar-refractivity contribution in [2.24, 2.45) is 0 Å². The highest BCUT2D eigenvalue weighted by atomic mass is 79.9. The zero-order valence-electron chi connectivity index (χ0n) is 15.2. The highest BCUT2D eigenvalue weighted by Gasteiger charge is 2.25. The summed E-state index contributed by atoms with van der Waals surface area (Å²) in [6.45, 7) is 2.73. The van der Waals surface area contributed by atoms with E-state index >= 15 is 0 Å². The van der Waals surface area contributed by atoms with E-state index in [-0.39, 0.29) is 18.4 Å².